The third-order valence-electron chi connectivity index (χ3n) is 3.18. The van der Waals surface area contributed by atoms with Crippen LogP contribution in [0.5, 0.6) is 0 Å². The second-order valence-electron chi connectivity index (χ2n) is 4.73. The number of hydrogen-bond donors (Lipinski definition) is 1. The highest BCUT2D eigenvalue weighted by Crippen LogP contribution is 2.31. The number of para-hydroxylation sites is 1. The topological polar surface area (TPSA) is 15.3 Å². The first-order valence-electron chi connectivity index (χ1n) is 6.50. The molecule has 0 aliphatic carbocycles. The van der Waals surface area contributed by atoms with E-state index in [2.05, 4.69) is 16.3 Å². The van der Waals surface area contributed by atoms with Crippen LogP contribution in [0.3, 0.4) is 0 Å². The summed E-state index contributed by atoms with van der Waals surface area (Å²) in [4.78, 5) is 2.14. The normalized spacial score (nSPS) is 10.6. The van der Waals surface area contributed by atoms with E-state index in [0.29, 0.717) is 0 Å². The van der Waals surface area contributed by atoms with Gasteiger partial charge >= 0.3 is 0 Å². The van der Waals surface area contributed by atoms with Gasteiger partial charge in [-0.25, -0.2) is 0 Å². The Morgan fingerprint density at radius 2 is 1.60 bits per heavy atom. The van der Waals surface area contributed by atoms with Gasteiger partial charge in [0.2, 0.25) is 0 Å². The monoisotopic (exact) mass is 308 g/mol. The van der Waals surface area contributed by atoms with Crippen LogP contribution in [0, 0.1) is 0 Å². The van der Waals surface area contributed by atoms with Crippen LogP contribution in [0.2, 0.25) is 10.0 Å². The summed E-state index contributed by atoms with van der Waals surface area (Å²) in [6.45, 7) is 1.50. The molecule has 0 spiro atoms. The predicted molar refractivity (Wildman–Crippen MR) is 87.8 cm³/mol. The first-order valence-corrected chi connectivity index (χ1v) is 7.25. The van der Waals surface area contributed by atoms with Crippen LogP contribution < -0.4 is 10.2 Å². The molecule has 0 atom stereocenters. The summed E-state index contributed by atoms with van der Waals surface area (Å²) in [5, 5.41) is 4.71. The summed E-state index contributed by atoms with van der Waals surface area (Å²) in [5.41, 5.74) is 3.31. The quantitative estimate of drug-likeness (QED) is 0.883. The van der Waals surface area contributed by atoms with Crippen LogP contribution in [-0.2, 0) is 13.1 Å². The Labute approximate surface area is 130 Å². The lowest BCUT2D eigenvalue weighted by Gasteiger charge is -2.24. The number of rotatable bonds is 5. The molecule has 20 heavy (non-hydrogen) atoms. The summed E-state index contributed by atoms with van der Waals surface area (Å²) in [7, 11) is 3.96. The van der Waals surface area contributed by atoms with E-state index in [-0.39, 0.29) is 0 Å². The van der Waals surface area contributed by atoms with Crippen LogP contribution in [0.15, 0.2) is 42.5 Å². The number of anilines is 1. The molecule has 2 aromatic rings. The lowest BCUT2D eigenvalue weighted by molar-refractivity contribution is 0.805. The molecule has 0 aliphatic rings. The van der Waals surface area contributed by atoms with Gasteiger partial charge in [-0.3, -0.25) is 0 Å². The third-order valence-corrected chi connectivity index (χ3v) is 3.86. The fourth-order valence-electron chi connectivity index (χ4n) is 2.28. The standard InChI is InChI=1S/C16H18Cl2N2/c1-19-10-12-7-5-9-15(18)16(12)20(2)11-13-6-3-4-8-14(13)17/h3-9,19H,10-11H2,1-2H3. The van der Waals surface area contributed by atoms with E-state index in [1.54, 1.807) is 0 Å². The first-order chi connectivity index (χ1) is 9.63. The molecule has 0 aromatic heterocycles. The largest absolute Gasteiger partial charge is 0.369 e. The molecule has 2 nitrogen and oxygen atoms in total. The van der Waals surface area contributed by atoms with E-state index in [9.17, 15) is 0 Å². The zero-order valence-electron chi connectivity index (χ0n) is 11.7. The van der Waals surface area contributed by atoms with Gasteiger partial charge in [0, 0.05) is 25.2 Å². The molecule has 0 saturated carbocycles. The minimum Gasteiger partial charge on any atom is -0.369 e. The number of benzene rings is 2. The summed E-state index contributed by atoms with van der Waals surface area (Å²) in [5.74, 6) is 0. The Kier molecular flexibility index (Phi) is 5.30. The molecule has 2 aromatic carbocycles. The summed E-state index contributed by atoms with van der Waals surface area (Å²) < 4.78 is 0. The molecule has 106 valence electrons. The lowest BCUT2D eigenvalue weighted by atomic mass is 10.1. The van der Waals surface area contributed by atoms with E-state index in [1.807, 2.05) is 50.5 Å². The SMILES string of the molecule is CNCc1cccc(Cl)c1N(C)Cc1ccccc1Cl. The van der Waals surface area contributed by atoms with Crippen molar-refractivity contribution in [2.45, 2.75) is 13.1 Å². The minimum absolute atomic E-state index is 0.722. The smallest absolute Gasteiger partial charge is 0.0642 e. The molecular weight excluding hydrogens is 291 g/mol. The fraction of sp³-hybridized carbons (Fsp3) is 0.250. The van der Waals surface area contributed by atoms with Crippen LogP contribution >= 0.6 is 23.2 Å². The third kappa shape index (κ3) is 3.45. The van der Waals surface area contributed by atoms with Crippen molar-refractivity contribution >= 4 is 28.9 Å². The molecule has 0 aliphatic heterocycles. The predicted octanol–water partition coefficient (Wildman–Crippen LogP) is 4.35. The Morgan fingerprint density at radius 1 is 0.950 bits per heavy atom. The number of nitrogens with one attached hydrogen (secondary N) is 1. The van der Waals surface area contributed by atoms with E-state index >= 15 is 0 Å². The first kappa shape index (κ1) is 15.2. The molecule has 1 N–H and O–H groups in total. The van der Waals surface area contributed by atoms with Gasteiger partial charge in [-0.15, -0.1) is 0 Å². The van der Waals surface area contributed by atoms with Crippen molar-refractivity contribution in [1.82, 2.24) is 5.32 Å². The van der Waals surface area contributed by atoms with Crippen LogP contribution in [-0.4, -0.2) is 14.1 Å². The van der Waals surface area contributed by atoms with E-state index in [1.165, 1.54) is 5.56 Å². The molecule has 0 fully saturated rings. The minimum atomic E-state index is 0.722. The number of halogens is 2. The summed E-state index contributed by atoms with van der Waals surface area (Å²) >= 11 is 12.6. The van der Waals surface area contributed by atoms with Crippen LogP contribution in [0.25, 0.3) is 0 Å². The molecule has 4 heteroatoms. The highest BCUT2D eigenvalue weighted by Gasteiger charge is 2.12. The van der Waals surface area contributed by atoms with Gasteiger partial charge in [-0.2, -0.15) is 0 Å². The highest BCUT2D eigenvalue weighted by molar-refractivity contribution is 6.33. The molecule has 0 amide bonds. The van der Waals surface area contributed by atoms with Crippen molar-refractivity contribution in [3.63, 3.8) is 0 Å². The Bertz CT molecular complexity index is 584. The molecule has 0 radical (unpaired) electrons. The summed E-state index contributed by atoms with van der Waals surface area (Å²) in [6, 6.07) is 13.9. The van der Waals surface area contributed by atoms with Crippen LogP contribution in [0.1, 0.15) is 11.1 Å². The average Bonchev–Trinajstić information content (AvgIpc) is 2.42. The molecule has 0 bridgehead atoms. The number of hydrogen-bond acceptors (Lipinski definition) is 2. The summed E-state index contributed by atoms with van der Waals surface area (Å²) in [6.07, 6.45) is 0. The van der Waals surface area contributed by atoms with Crippen molar-refractivity contribution in [3.05, 3.63) is 63.6 Å². The van der Waals surface area contributed by atoms with Crippen LogP contribution in [0.4, 0.5) is 5.69 Å². The van der Waals surface area contributed by atoms with E-state index in [0.717, 1.165) is 34.4 Å². The maximum absolute atomic E-state index is 6.36. The number of nitrogens with zero attached hydrogens (tertiary/aromatic N) is 1. The second-order valence-corrected chi connectivity index (χ2v) is 5.54. The van der Waals surface area contributed by atoms with Gasteiger partial charge in [-0.05, 0) is 30.3 Å². The van der Waals surface area contributed by atoms with E-state index < -0.39 is 0 Å². The zero-order chi connectivity index (χ0) is 14.5. The maximum Gasteiger partial charge on any atom is 0.0642 e. The van der Waals surface area contributed by atoms with Crippen molar-refractivity contribution in [2.75, 3.05) is 19.0 Å². The van der Waals surface area contributed by atoms with Crippen molar-refractivity contribution in [1.29, 1.82) is 0 Å². The Morgan fingerprint density at radius 3 is 2.30 bits per heavy atom. The van der Waals surface area contributed by atoms with Gasteiger partial charge in [-0.1, -0.05) is 53.5 Å². The maximum atomic E-state index is 6.36. The van der Waals surface area contributed by atoms with Gasteiger partial charge in [0.15, 0.2) is 0 Å². The molecule has 2 rings (SSSR count). The lowest BCUT2D eigenvalue weighted by Crippen LogP contribution is -2.20. The second kappa shape index (κ2) is 6.98. The Balaban J connectivity index is 2.29. The van der Waals surface area contributed by atoms with Crippen molar-refractivity contribution < 1.29 is 0 Å². The van der Waals surface area contributed by atoms with Crippen molar-refractivity contribution in [2.24, 2.45) is 0 Å². The van der Waals surface area contributed by atoms with E-state index in [4.69, 9.17) is 23.2 Å². The van der Waals surface area contributed by atoms with Crippen molar-refractivity contribution in [3.8, 4) is 0 Å². The molecule has 0 saturated heterocycles. The average molecular weight is 309 g/mol. The zero-order valence-corrected chi connectivity index (χ0v) is 13.2. The van der Waals surface area contributed by atoms with Gasteiger partial charge in [0.25, 0.3) is 0 Å². The fourth-order valence-corrected chi connectivity index (χ4v) is 2.82. The van der Waals surface area contributed by atoms with Gasteiger partial charge in [0.1, 0.15) is 0 Å². The molecule has 0 heterocycles. The van der Waals surface area contributed by atoms with Gasteiger partial charge < -0.3 is 10.2 Å². The highest BCUT2D eigenvalue weighted by atomic mass is 35.5. The van der Waals surface area contributed by atoms with Gasteiger partial charge in [0.05, 0.1) is 10.7 Å². The molecular formula is C16H18Cl2N2. The Hall–Kier alpha value is -1.22. The molecule has 0 unspecified atom stereocenters.